The number of hydrogen-bond acceptors (Lipinski definition) is 7. The smallest absolute Gasteiger partial charge is 0.253 e. The summed E-state index contributed by atoms with van der Waals surface area (Å²) < 4.78 is 5.74. The summed E-state index contributed by atoms with van der Waals surface area (Å²) in [6, 6.07) is 7.19. The van der Waals surface area contributed by atoms with E-state index in [2.05, 4.69) is 9.97 Å². The molecule has 2 aromatic rings. The second-order valence-electron chi connectivity index (χ2n) is 8.15. The first-order valence-corrected chi connectivity index (χ1v) is 10.2. The van der Waals surface area contributed by atoms with Gasteiger partial charge in [0.05, 0.1) is 18.3 Å². The predicted molar refractivity (Wildman–Crippen MR) is 116 cm³/mol. The molecule has 30 heavy (non-hydrogen) atoms. The van der Waals surface area contributed by atoms with Crippen LogP contribution in [-0.4, -0.2) is 90.3 Å². The van der Waals surface area contributed by atoms with Gasteiger partial charge < -0.3 is 24.5 Å². The van der Waals surface area contributed by atoms with Gasteiger partial charge in [-0.15, -0.1) is 0 Å². The highest BCUT2D eigenvalue weighted by molar-refractivity contribution is 5.94. The Morgan fingerprint density at radius 2 is 2.13 bits per heavy atom. The third-order valence-electron chi connectivity index (χ3n) is 5.20. The fourth-order valence-corrected chi connectivity index (χ4v) is 3.69. The molecule has 0 spiro atoms. The first-order chi connectivity index (χ1) is 14.4. The number of aliphatic hydroxyl groups is 1. The van der Waals surface area contributed by atoms with Gasteiger partial charge >= 0.3 is 0 Å². The average molecular weight is 414 g/mol. The molecular formula is C22H31N5O3. The van der Waals surface area contributed by atoms with Crippen molar-refractivity contribution in [3.05, 3.63) is 48.4 Å². The van der Waals surface area contributed by atoms with Gasteiger partial charge in [0, 0.05) is 44.6 Å². The Hall–Kier alpha value is -2.71. The molecule has 3 rings (SSSR count). The van der Waals surface area contributed by atoms with Gasteiger partial charge in [-0.05, 0) is 45.1 Å². The molecule has 1 amide bonds. The molecule has 1 saturated heterocycles. The normalized spacial score (nSPS) is 19.0. The number of nitrogens with zero attached hydrogens (tertiary/aromatic N) is 5. The number of amides is 1. The number of likely N-dealkylation sites (N-methyl/N-ethyl adjacent to an activating group) is 2. The van der Waals surface area contributed by atoms with Gasteiger partial charge in [-0.3, -0.25) is 9.78 Å². The molecule has 1 N–H and O–H groups in total. The summed E-state index contributed by atoms with van der Waals surface area (Å²) in [5.74, 6) is 1.27. The molecule has 0 aliphatic carbocycles. The lowest BCUT2D eigenvalue weighted by Crippen LogP contribution is -2.54. The molecular weight excluding hydrogens is 382 g/mol. The lowest BCUT2D eigenvalue weighted by molar-refractivity contribution is -0.000150. The highest BCUT2D eigenvalue weighted by atomic mass is 16.5. The average Bonchev–Trinajstić information content (AvgIpc) is 2.73. The van der Waals surface area contributed by atoms with Crippen LogP contribution in [0.2, 0.25) is 0 Å². The summed E-state index contributed by atoms with van der Waals surface area (Å²) in [5, 5.41) is 11.2. The fraction of sp³-hybridized carbons (Fsp3) is 0.500. The Bertz CT molecular complexity index is 833. The van der Waals surface area contributed by atoms with Gasteiger partial charge in [0.1, 0.15) is 18.2 Å². The number of piperidine rings is 1. The molecule has 0 bridgehead atoms. The highest BCUT2D eigenvalue weighted by Crippen LogP contribution is 2.26. The van der Waals surface area contributed by atoms with E-state index in [9.17, 15) is 9.90 Å². The Morgan fingerprint density at radius 3 is 2.87 bits per heavy atom. The maximum absolute atomic E-state index is 13.0. The van der Waals surface area contributed by atoms with E-state index >= 15 is 0 Å². The second-order valence-corrected chi connectivity index (χ2v) is 8.15. The molecule has 0 saturated carbocycles. The molecule has 1 aliphatic heterocycles. The minimum absolute atomic E-state index is 0.141. The summed E-state index contributed by atoms with van der Waals surface area (Å²) in [5.41, 5.74) is -0.454. The number of rotatable bonds is 8. The van der Waals surface area contributed by atoms with Gasteiger partial charge in [0.15, 0.2) is 0 Å². The van der Waals surface area contributed by atoms with Crippen molar-refractivity contribution in [1.29, 1.82) is 0 Å². The van der Waals surface area contributed by atoms with E-state index in [1.165, 1.54) is 0 Å². The molecule has 1 atom stereocenters. The lowest BCUT2D eigenvalue weighted by Gasteiger charge is -2.41. The minimum Gasteiger partial charge on any atom is -0.492 e. The van der Waals surface area contributed by atoms with Crippen molar-refractivity contribution in [2.45, 2.75) is 18.4 Å². The topological polar surface area (TPSA) is 82.0 Å². The van der Waals surface area contributed by atoms with Gasteiger partial charge in [-0.25, -0.2) is 4.98 Å². The summed E-state index contributed by atoms with van der Waals surface area (Å²) in [7, 11) is 5.70. The van der Waals surface area contributed by atoms with Crippen molar-refractivity contribution >= 4 is 11.7 Å². The molecule has 8 nitrogen and oxygen atoms in total. The van der Waals surface area contributed by atoms with Crippen LogP contribution in [0.3, 0.4) is 0 Å². The molecule has 1 fully saturated rings. The zero-order valence-corrected chi connectivity index (χ0v) is 18.0. The van der Waals surface area contributed by atoms with Crippen LogP contribution in [0.25, 0.3) is 0 Å². The Balaban J connectivity index is 1.62. The molecule has 8 heteroatoms. The lowest BCUT2D eigenvalue weighted by atomic mass is 9.92. The van der Waals surface area contributed by atoms with E-state index in [1.54, 1.807) is 42.7 Å². The van der Waals surface area contributed by atoms with Crippen molar-refractivity contribution in [3.63, 3.8) is 0 Å². The Morgan fingerprint density at radius 1 is 1.30 bits per heavy atom. The third-order valence-corrected chi connectivity index (χ3v) is 5.20. The molecule has 1 unspecified atom stereocenters. The number of carbonyl (C=O) groups is 1. The standard InChI is InChI=1S/C22H31N5O3/c1-25(2)12-13-30-19-7-4-6-18(14-19)21(28)26(3)16-22(29)8-5-11-27(17-22)20-15-23-9-10-24-20/h4,6-7,9-10,14-15,29H,5,8,11-13,16-17H2,1-3H3. The van der Waals surface area contributed by atoms with Crippen molar-refractivity contribution < 1.29 is 14.6 Å². The van der Waals surface area contributed by atoms with E-state index in [0.717, 1.165) is 25.3 Å². The molecule has 162 valence electrons. The van der Waals surface area contributed by atoms with Crippen molar-refractivity contribution in [2.24, 2.45) is 0 Å². The quantitative estimate of drug-likeness (QED) is 0.703. The van der Waals surface area contributed by atoms with Crippen LogP contribution in [0.15, 0.2) is 42.9 Å². The number of hydrogen-bond donors (Lipinski definition) is 1. The van der Waals surface area contributed by atoms with Crippen molar-refractivity contribution in [3.8, 4) is 5.75 Å². The monoisotopic (exact) mass is 413 g/mol. The summed E-state index contributed by atoms with van der Waals surface area (Å²) in [4.78, 5) is 27.0. The Kier molecular flexibility index (Phi) is 7.23. The van der Waals surface area contributed by atoms with Crippen molar-refractivity contribution in [2.75, 3.05) is 58.8 Å². The van der Waals surface area contributed by atoms with Gasteiger partial charge in [-0.2, -0.15) is 0 Å². The zero-order valence-electron chi connectivity index (χ0n) is 18.0. The van der Waals surface area contributed by atoms with E-state index < -0.39 is 5.60 Å². The van der Waals surface area contributed by atoms with Crippen LogP contribution in [0.1, 0.15) is 23.2 Å². The van der Waals surface area contributed by atoms with Gasteiger partial charge in [0.2, 0.25) is 0 Å². The van der Waals surface area contributed by atoms with E-state index in [0.29, 0.717) is 30.9 Å². The molecule has 0 radical (unpaired) electrons. The molecule has 2 heterocycles. The third kappa shape index (κ3) is 5.90. The van der Waals surface area contributed by atoms with Gasteiger partial charge in [-0.1, -0.05) is 6.07 Å². The van der Waals surface area contributed by atoms with Crippen LogP contribution >= 0.6 is 0 Å². The largest absolute Gasteiger partial charge is 0.492 e. The number of aromatic nitrogens is 2. The summed E-state index contributed by atoms with van der Waals surface area (Å²) in [6.07, 6.45) is 6.43. The minimum atomic E-state index is -1.000. The van der Waals surface area contributed by atoms with Crippen LogP contribution in [0.5, 0.6) is 5.75 Å². The predicted octanol–water partition coefficient (Wildman–Crippen LogP) is 1.52. The van der Waals surface area contributed by atoms with Crippen LogP contribution < -0.4 is 9.64 Å². The number of anilines is 1. The molecule has 1 aromatic carbocycles. The maximum Gasteiger partial charge on any atom is 0.253 e. The number of benzene rings is 1. The van der Waals surface area contributed by atoms with Crippen molar-refractivity contribution in [1.82, 2.24) is 19.8 Å². The second kappa shape index (κ2) is 9.86. The van der Waals surface area contributed by atoms with Crippen LogP contribution in [0, 0.1) is 0 Å². The first-order valence-electron chi connectivity index (χ1n) is 10.2. The first kappa shape index (κ1) is 22.0. The number of ether oxygens (including phenoxy) is 1. The SMILES string of the molecule is CN(C)CCOc1cccc(C(=O)N(C)CC2(O)CCCN(c3cnccn3)C2)c1. The number of β-amino-alcohol motifs (C(OH)–C–C–N with tert-alkyl or cyclic N) is 1. The van der Waals surface area contributed by atoms with Gasteiger partial charge in [0.25, 0.3) is 5.91 Å². The molecule has 1 aromatic heterocycles. The summed E-state index contributed by atoms with van der Waals surface area (Å²) >= 11 is 0. The van der Waals surface area contributed by atoms with E-state index in [1.807, 2.05) is 36.0 Å². The van der Waals surface area contributed by atoms with Crippen LogP contribution in [0.4, 0.5) is 5.82 Å². The van der Waals surface area contributed by atoms with E-state index in [-0.39, 0.29) is 12.5 Å². The van der Waals surface area contributed by atoms with Crippen LogP contribution in [-0.2, 0) is 0 Å². The molecule has 1 aliphatic rings. The zero-order chi connectivity index (χ0) is 21.6. The maximum atomic E-state index is 13.0. The summed E-state index contributed by atoms with van der Waals surface area (Å²) in [6.45, 7) is 2.82. The Labute approximate surface area is 178 Å². The highest BCUT2D eigenvalue weighted by Gasteiger charge is 2.36. The van der Waals surface area contributed by atoms with E-state index in [4.69, 9.17) is 4.74 Å². The fourth-order valence-electron chi connectivity index (χ4n) is 3.69. The number of carbonyl (C=O) groups excluding carboxylic acids is 1.